The van der Waals surface area contributed by atoms with Gasteiger partial charge in [-0.1, -0.05) is 6.92 Å². The lowest BCUT2D eigenvalue weighted by atomic mass is 9.87. The first-order valence-corrected chi connectivity index (χ1v) is 8.65. The van der Waals surface area contributed by atoms with Crippen molar-refractivity contribution in [2.45, 2.75) is 50.6 Å². The van der Waals surface area contributed by atoms with E-state index in [1.165, 1.54) is 18.7 Å². The smallest absolute Gasteiger partial charge is 0.352 e. The highest BCUT2D eigenvalue weighted by molar-refractivity contribution is 8.03. The van der Waals surface area contributed by atoms with Gasteiger partial charge in [-0.05, 0) is 20.3 Å². The molecule has 0 unspecified atom stereocenters. The van der Waals surface area contributed by atoms with Crippen molar-refractivity contribution in [3.8, 4) is 0 Å². The molecule has 6 atom stereocenters. The van der Waals surface area contributed by atoms with E-state index >= 15 is 0 Å². The second kappa shape index (κ2) is 7.11. The molecule has 0 saturated carbocycles. The van der Waals surface area contributed by atoms with E-state index in [9.17, 15) is 24.9 Å². The third kappa shape index (κ3) is 3.81. The molecule has 0 aliphatic carbocycles. The minimum atomic E-state index is -1.13. The number of thioether (sulfide) groups is 1. The quantitative estimate of drug-likeness (QED) is 0.471. The molecule has 1 fully saturated rings. The molecule has 130 valence electrons. The average molecular weight is 344 g/mol. The Morgan fingerprint density at radius 1 is 1.30 bits per heavy atom. The Kier molecular flexibility index (Phi) is 5.59. The highest BCUT2D eigenvalue weighted by Crippen LogP contribution is 2.41. The molecule has 2 aliphatic rings. The summed E-state index contributed by atoms with van der Waals surface area (Å²) in [7, 11) is 0. The monoisotopic (exact) mass is 344 g/mol. The van der Waals surface area contributed by atoms with Crippen molar-refractivity contribution in [2.24, 2.45) is 11.8 Å². The van der Waals surface area contributed by atoms with Gasteiger partial charge in [-0.2, -0.15) is 0 Å². The van der Waals surface area contributed by atoms with E-state index in [1.807, 2.05) is 6.92 Å². The minimum absolute atomic E-state index is 0.0685. The van der Waals surface area contributed by atoms with Gasteiger partial charge in [-0.3, -0.25) is 4.79 Å². The maximum Gasteiger partial charge on any atom is 0.352 e. The summed E-state index contributed by atoms with van der Waals surface area (Å²) >= 11 is 1.51. The van der Waals surface area contributed by atoms with Crippen LogP contribution in [0.25, 0.3) is 0 Å². The number of hydrogen-bond acceptors (Lipinski definition) is 6. The van der Waals surface area contributed by atoms with E-state index in [2.05, 4.69) is 17.6 Å². The Bertz CT molecular complexity index is 522. The predicted molar refractivity (Wildman–Crippen MR) is 87.0 cm³/mol. The van der Waals surface area contributed by atoms with Crippen LogP contribution in [-0.2, 0) is 9.59 Å². The minimum Gasteiger partial charge on any atom is -0.481 e. The van der Waals surface area contributed by atoms with Crippen LogP contribution < -0.4 is 10.6 Å². The van der Waals surface area contributed by atoms with E-state index in [0.717, 1.165) is 13.0 Å². The third-order valence-electron chi connectivity index (χ3n) is 4.52. The zero-order chi connectivity index (χ0) is 17.3. The van der Waals surface area contributed by atoms with Crippen molar-refractivity contribution >= 4 is 23.7 Å². The molecule has 0 bridgehead atoms. The number of aliphatic hydroxyl groups excluding tert-OH is 1. The molecule has 2 rings (SSSR count). The first kappa shape index (κ1) is 18.1. The number of nitrogens with one attached hydrogen (secondary N) is 2. The van der Waals surface area contributed by atoms with Crippen LogP contribution in [0.2, 0.25) is 0 Å². The molecule has 23 heavy (non-hydrogen) atoms. The number of aliphatic hydroxyl groups is 1. The Morgan fingerprint density at radius 3 is 2.39 bits per heavy atom. The number of carbonyl (C=O) groups is 2. The fraction of sp³-hybridized carbons (Fsp3) is 0.733. The van der Waals surface area contributed by atoms with Gasteiger partial charge in [0, 0.05) is 34.7 Å². The van der Waals surface area contributed by atoms with Crippen LogP contribution in [0.4, 0.5) is 0 Å². The maximum absolute atomic E-state index is 11.5. The molecule has 0 aromatic rings. The Morgan fingerprint density at radius 2 is 1.96 bits per heavy atom. The van der Waals surface area contributed by atoms with Crippen LogP contribution in [-0.4, -0.2) is 57.2 Å². The fourth-order valence-electron chi connectivity index (χ4n) is 3.31. The SMILES string of the molecule is C[C@@H]1C[C@H](SC2=C(C(=O)O)N[C@@H]([C@H](C(=O)O)[C@@H](C)O)[C@H]2C)CN1. The average Bonchev–Trinajstić information content (AvgIpc) is 2.96. The molecule has 5 N–H and O–H groups in total. The van der Waals surface area contributed by atoms with Crippen molar-refractivity contribution in [2.75, 3.05) is 6.54 Å². The molecule has 0 amide bonds. The Labute approximate surface area is 139 Å². The molecule has 0 aromatic carbocycles. The summed E-state index contributed by atoms with van der Waals surface area (Å²) < 4.78 is 0. The van der Waals surface area contributed by atoms with Gasteiger partial charge >= 0.3 is 11.9 Å². The molecule has 2 heterocycles. The Balaban J connectivity index is 2.22. The zero-order valence-electron chi connectivity index (χ0n) is 13.4. The van der Waals surface area contributed by atoms with Crippen LogP contribution >= 0.6 is 11.8 Å². The van der Waals surface area contributed by atoms with Crippen molar-refractivity contribution in [3.05, 3.63) is 10.6 Å². The summed E-state index contributed by atoms with van der Waals surface area (Å²) in [5, 5.41) is 35.0. The zero-order valence-corrected chi connectivity index (χ0v) is 14.3. The van der Waals surface area contributed by atoms with Gasteiger partial charge < -0.3 is 26.0 Å². The first-order chi connectivity index (χ1) is 10.7. The number of carboxylic acid groups (broad SMARTS) is 2. The molecule has 0 radical (unpaired) electrons. The predicted octanol–water partition coefficient (Wildman–Crippen LogP) is 0.456. The molecule has 0 aromatic heterocycles. The van der Waals surface area contributed by atoms with Crippen LogP contribution in [0.3, 0.4) is 0 Å². The molecule has 2 aliphatic heterocycles. The highest BCUT2D eigenvalue weighted by atomic mass is 32.2. The molecule has 8 heteroatoms. The summed E-state index contributed by atoms with van der Waals surface area (Å²) in [5.41, 5.74) is 0.0685. The van der Waals surface area contributed by atoms with Gasteiger partial charge in [-0.15, -0.1) is 11.8 Å². The molecular weight excluding hydrogens is 320 g/mol. The topological polar surface area (TPSA) is 119 Å². The second-order valence-corrected chi connectivity index (χ2v) is 7.73. The largest absolute Gasteiger partial charge is 0.481 e. The van der Waals surface area contributed by atoms with Gasteiger partial charge in [0.05, 0.1) is 6.10 Å². The molecular formula is C15H24N2O5S. The number of aliphatic carboxylic acids is 2. The summed E-state index contributed by atoms with van der Waals surface area (Å²) in [6, 6.07) is -0.237. The maximum atomic E-state index is 11.5. The van der Waals surface area contributed by atoms with Gasteiger partial charge in [0.2, 0.25) is 0 Å². The van der Waals surface area contributed by atoms with E-state index in [-0.39, 0.29) is 16.9 Å². The van der Waals surface area contributed by atoms with Crippen LogP contribution in [0.15, 0.2) is 10.6 Å². The third-order valence-corrected chi connectivity index (χ3v) is 6.04. The number of carboxylic acids is 2. The van der Waals surface area contributed by atoms with Gasteiger partial charge in [0.15, 0.2) is 0 Å². The van der Waals surface area contributed by atoms with Crippen molar-refractivity contribution in [1.29, 1.82) is 0 Å². The normalized spacial score (nSPS) is 33.4. The number of rotatable bonds is 6. The molecule has 1 saturated heterocycles. The standard InChI is InChI=1S/C15H24N2O5S/c1-6-4-9(5-16-6)23-13-7(2)11(17-12(13)15(21)22)10(8(3)18)14(19)20/h6-11,16-18H,4-5H2,1-3H3,(H,19,20)(H,21,22)/t6-,7-,8-,9+,10-,11-/m1/s1. The highest BCUT2D eigenvalue weighted by Gasteiger charge is 2.44. The lowest BCUT2D eigenvalue weighted by Gasteiger charge is -2.27. The number of hydrogen-bond donors (Lipinski definition) is 5. The molecule has 0 spiro atoms. The second-order valence-electron chi connectivity index (χ2n) is 6.39. The van der Waals surface area contributed by atoms with Crippen molar-refractivity contribution in [3.63, 3.8) is 0 Å². The van der Waals surface area contributed by atoms with Crippen LogP contribution in [0, 0.1) is 11.8 Å². The van der Waals surface area contributed by atoms with Crippen LogP contribution in [0.1, 0.15) is 27.2 Å². The van der Waals surface area contributed by atoms with Crippen molar-refractivity contribution < 1.29 is 24.9 Å². The van der Waals surface area contributed by atoms with E-state index in [4.69, 9.17) is 0 Å². The molecule has 7 nitrogen and oxygen atoms in total. The summed E-state index contributed by atoms with van der Waals surface area (Å²) in [5.74, 6) is -3.55. The summed E-state index contributed by atoms with van der Waals surface area (Å²) in [4.78, 5) is 23.7. The van der Waals surface area contributed by atoms with Crippen molar-refractivity contribution in [1.82, 2.24) is 10.6 Å². The van der Waals surface area contributed by atoms with E-state index in [1.54, 1.807) is 0 Å². The van der Waals surface area contributed by atoms with E-state index in [0.29, 0.717) is 10.9 Å². The van der Waals surface area contributed by atoms with Crippen LogP contribution in [0.5, 0.6) is 0 Å². The van der Waals surface area contributed by atoms with E-state index < -0.39 is 30.0 Å². The lowest BCUT2D eigenvalue weighted by Crippen LogP contribution is -2.45. The Hall–Kier alpha value is -1.25. The summed E-state index contributed by atoms with van der Waals surface area (Å²) in [6.45, 7) is 6.12. The first-order valence-electron chi connectivity index (χ1n) is 7.77. The fourth-order valence-corrected chi connectivity index (χ4v) is 4.86. The summed E-state index contributed by atoms with van der Waals surface area (Å²) in [6.07, 6.45) is -0.128. The van der Waals surface area contributed by atoms with Gasteiger partial charge in [0.25, 0.3) is 0 Å². The lowest BCUT2D eigenvalue weighted by molar-refractivity contribution is -0.147. The van der Waals surface area contributed by atoms with Gasteiger partial charge in [0.1, 0.15) is 11.6 Å². The van der Waals surface area contributed by atoms with Gasteiger partial charge in [-0.25, -0.2) is 4.79 Å².